The van der Waals surface area contributed by atoms with E-state index in [-0.39, 0.29) is 23.6 Å². The van der Waals surface area contributed by atoms with Gasteiger partial charge in [0.25, 0.3) is 0 Å². The number of rotatable bonds is 4. The van der Waals surface area contributed by atoms with E-state index in [0.29, 0.717) is 25.4 Å². The maximum Gasteiger partial charge on any atom is 0.233 e. The molecule has 0 spiro atoms. The number of hydrogen-bond acceptors (Lipinski definition) is 4. The fourth-order valence-corrected chi connectivity index (χ4v) is 3.33. The molecule has 1 N–H and O–H groups in total. The zero-order valence-electron chi connectivity index (χ0n) is 13.0. The molecule has 6 heteroatoms. The highest BCUT2D eigenvalue weighted by molar-refractivity contribution is 8.00. The second kappa shape index (κ2) is 7.68. The highest BCUT2D eigenvalue weighted by Gasteiger charge is 2.25. The summed E-state index contributed by atoms with van der Waals surface area (Å²) < 4.78 is 18.7. The topological polar surface area (TPSA) is 49.8 Å². The van der Waals surface area contributed by atoms with E-state index in [9.17, 15) is 14.3 Å². The Balaban J connectivity index is 1.56. The number of hydrogen-bond donors (Lipinski definition) is 1. The minimum absolute atomic E-state index is 0.0449. The number of halogens is 1. The molecule has 1 saturated heterocycles. The van der Waals surface area contributed by atoms with E-state index >= 15 is 0 Å². The predicted molar refractivity (Wildman–Crippen MR) is 90.5 cm³/mol. The quantitative estimate of drug-likeness (QED) is 0.863. The van der Waals surface area contributed by atoms with Crippen molar-refractivity contribution in [2.75, 3.05) is 25.4 Å². The number of phenols is 1. The van der Waals surface area contributed by atoms with Crippen molar-refractivity contribution in [3.63, 3.8) is 0 Å². The Kier molecular flexibility index (Phi) is 5.37. The van der Waals surface area contributed by atoms with Gasteiger partial charge in [0.05, 0.1) is 18.9 Å². The van der Waals surface area contributed by atoms with Crippen LogP contribution in [-0.4, -0.2) is 41.4 Å². The van der Waals surface area contributed by atoms with Crippen LogP contribution in [-0.2, 0) is 9.53 Å². The molecule has 126 valence electrons. The summed E-state index contributed by atoms with van der Waals surface area (Å²) in [6.07, 6.45) is -0.220. The Morgan fingerprint density at radius 1 is 1.21 bits per heavy atom. The first kappa shape index (κ1) is 16.8. The number of thioether (sulfide) groups is 1. The third-order valence-electron chi connectivity index (χ3n) is 3.86. The molecular formula is C18H18FNO3S. The molecule has 3 rings (SSSR count). The molecule has 2 aromatic rings. The van der Waals surface area contributed by atoms with Gasteiger partial charge in [-0.3, -0.25) is 4.79 Å². The summed E-state index contributed by atoms with van der Waals surface area (Å²) in [5.74, 6) is 0.304. The van der Waals surface area contributed by atoms with Crippen LogP contribution >= 0.6 is 11.8 Å². The zero-order valence-corrected chi connectivity index (χ0v) is 13.8. The Bertz CT molecular complexity index is 690. The first-order chi connectivity index (χ1) is 11.6. The molecule has 1 aliphatic rings. The summed E-state index contributed by atoms with van der Waals surface area (Å²) in [6.45, 7) is 1.50. The Labute approximate surface area is 144 Å². The number of phenolic OH excluding ortho intramolecular Hbond substituents is 1. The van der Waals surface area contributed by atoms with Crippen LogP contribution in [0.2, 0.25) is 0 Å². The monoisotopic (exact) mass is 347 g/mol. The van der Waals surface area contributed by atoms with E-state index in [2.05, 4.69) is 0 Å². The molecule has 0 bridgehead atoms. The summed E-state index contributed by atoms with van der Waals surface area (Å²) in [5, 5.41) is 9.27. The number of nitrogens with zero attached hydrogens (tertiary/aromatic N) is 1. The van der Waals surface area contributed by atoms with Crippen LogP contribution < -0.4 is 0 Å². The molecule has 1 atom stereocenters. The first-order valence-corrected chi connectivity index (χ1v) is 8.67. The van der Waals surface area contributed by atoms with Crippen LogP contribution in [0.15, 0.2) is 53.4 Å². The molecule has 1 amide bonds. The molecule has 0 aliphatic carbocycles. The van der Waals surface area contributed by atoms with Gasteiger partial charge < -0.3 is 14.7 Å². The van der Waals surface area contributed by atoms with Gasteiger partial charge in [0, 0.05) is 11.4 Å². The number of morpholine rings is 1. The molecular weight excluding hydrogens is 329 g/mol. The molecule has 0 radical (unpaired) electrons. The average Bonchev–Trinajstić information content (AvgIpc) is 2.62. The smallest absolute Gasteiger partial charge is 0.233 e. The van der Waals surface area contributed by atoms with Gasteiger partial charge in [0.2, 0.25) is 5.91 Å². The van der Waals surface area contributed by atoms with Crippen molar-refractivity contribution in [3.8, 4) is 5.75 Å². The molecule has 1 fully saturated rings. The summed E-state index contributed by atoms with van der Waals surface area (Å²) in [4.78, 5) is 15.1. The van der Waals surface area contributed by atoms with Crippen molar-refractivity contribution in [3.05, 3.63) is 59.9 Å². The van der Waals surface area contributed by atoms with Crippen molar-refractivity contribution in [2.24, 2.45) is 0 Å². The number of ether oxygens (including phenoxy) is 1. The number of carbonyl (C=O) groups is 1. The Hall–Kier alpha value is -2.05. The van der Waals surface area contributed by atoms with Crippen molar-refractivity contribution in [1.29, 1.82) is 0 Å². The fraction of sp³-hybridized carbons (Fsp3) is 0.278. The lowest BCUT2D eigenvalue weighted by atomic mass is 10.1. The second-order valence-corrected chi connectivity index (χ2v) is 6.58. The van der Waals surface area contributed by atoms with Gasteiger partial charge in [-0.1, -0.05) is 12.1 Å². The maximum absolute atomic E-state index is 13.0. The molecule has 0 saturated carbocycles. The highest BCUT2D eigenvalue weighted by Crippen LogP contribution is 2.25. The van der Waals surface area contributed by atoms with Crippen LogP contribution in [0.5, 0.6) is 5.75 Å². The Morgan fingerprint density at radius 2 is 1.92 bits per heavy atom. The lowest BCUT2D eigenvalue weighted by molar-refractivity contribution is -0.136. The third kappa shape index (κ3) is 4.27. The third-order valence-corrected chi connectivity index (χ3v) is 4.86. The van der Waals surface area contributed by atoms with E-state index in [4.69, 9.17) is 4.74 Å². The van der Waals surface area contributed by atoms with Crippen LogP contribution in [0, 0.1) is 5.82 Å². The summed E-state index contributed by atoms with van der Waals surface area (Å²) >= 11 is 1.44. The van der Waals surface area contributed by atoms with Crippen LogP contribution in [0.3, 0.4) is 0 Å². The van der Waals surface area contributed by atoms with Gasteiger partial charge in [0.15, 0.2) is 0 Å². The Morgan fingerprint density at radius 3 is 2.62 bits per heavy atom. The number of aromatic hydroxyl groups is 1. The lowest BCUT2D eigenvalue weighted by Crippen LogP contribution is -2.43. The summed E-state index contributed by atoms with van der Waals surface area (Å²) in [5.41, 5.74) is 0.875. The van der Waals surface area contributed by atoms with Gasteiger partial charge in [-0.15, -0.1) is 11.8 Å². The number of carbonyl (C=O) groups excluding carboxylic acids is 1. The SMILES string of the molecule is O=C(CSc1ccc(O)cc1)N1CCOC(c2ccc(F)cc2)C1. The highest BCUT2D eigenvalue weighted by atomic mass is 32.2. The van der Waals surface area contributed by atoms with Crippen LogP contribution in [0.4, 0.5) is 4.39 Å². The zero-order chi connectivity index (χ0) is 16.9. The minimum Gasteiger partial charge on any atom is -0.508 e. The largest absolute Gasteiger partial charge is 0.508 e. The predicted octanol–water partition coefficient (Wildman–Crippen LogP) is 3.22. The maximum atomic E-state index is 13.0. The van der Waals surface area contributed by atoms with Gasteiger partial charge in [0.1, 0.15) is 17.7 Å². The minimum atomic E-state index is -0.284. The summed E-state index contributed by atoms with van der Waals surface area (Å²) in [6, 6.07) is 13.0. The van der Waals surface area contributed by atoms with Gasteiger partial charge in [-0.25, -0.2) is 4.39 Å². The summed E-state index contributed by atoms with van der Waals surface area (Å²) in [7, 11) is 0. The van der Waals surface area contributed by atoms with E-state index in [1.807, 2.05) is 0 Å². The first-order valence-electron chi connectivity index (χ1n) is 7.68. The van der Waals surface area contributed by atoms with Crippen molar-refractivity contribution in [2.45, 2.75) is 11.0 Å². The number of benzene rings is 2. The van der Waals surface area contributed by atoms with E-state index in [0.717, 1.165) is 10.5 Å². The van der Waals surface area contributed by atoms with Gasteiger partial charge in [-0.05, 0) is 42.0 Å². The van der Waals surface area contributed by atoms with Crippen molar-refractivity contribution < 1.29 is 19.0 Å². The molecule has 1 aliphatic heterocycles. The molecule has 2 aromatic carbocycles. The van der Waals surface area contributed by atoms with E-state index < -0.39 is 0 Å². The molecule has 0 aromatic heterocycles. The standard InChI is InChI=1S/C18H18FNO3S/c19-14-3-1-13(2-4-14)17-11-20(9-10-23-17)18(22)12-24-16-7-5-15(21)6-8-16/h1-8,17,21H,9-12H2. The molecule has 24 heavy (non-hydrogen) atoms. The number of amides is 1. The normalized spacial score (nSPS) is 17.7. The molecule has 1 unspecified atom stereocenters. The lowest BCUT2D eigenvalue weighted by Gasteiger charge is -2.33. The fourth-order valence-electron chi connectivity index (χ4n) is 2.53. The van der Waals surface area contributed by atoms with Crippen LogP contribution in [0.1, 0.15) is 11.7 Å². The van der Waals surface area contributed by atoms with Gasteiger partial charge in [-0.2, -0.15) is 0 Å². The van der Waals surface area contributed by atoms with Crippen molar-refractivity contribution in [1.82, 2.24) is 4.90 Å². The molecule has 1 heterocycles. The second-order valence-electron chi connectivity index (χ2n) is 5.53. The van der Waals surface area contributed by atoms with E-state index in [1.165, 1.54) is 23.9 Å². The average molecular weight is 347 g/mol. The van der Waals surface area contributed by atoms with Gasteiger partial charge >= 0.3 is 0 Å². The van der Waals surface area contributed by atoms with Crippen molar-refractivity contribution >= 4 is 17.7 Å². The van der Waals surface area contributed by atoms with Crippen LogP contribution in [0.25, 0.3) is 0 Å². The molecule has 4 nitrogen and oxygen atoms in total. The van der Waals surface area contributed by atoms with E-state index in [1.54, 1.807) is 41.3 Å².